The van der Waals surface area contributed by atoms with Crippen LogP contribution in [0.3, 0.4) is 0 Å². The van der Waals surface area contributed by atoms with E-state index in [0.29, 0.717) is 11.7 Å². The molecule has 0 heterocycles. The van der Waals surface area contributed by atoms with Crippen molar-refractivity contribution in [3.8, 4) is 0 Å². The Labute approximate surface area is 73.7 Å². The number of nitrogens with two attached hydrogens (primary N) is 1. The quantitative estimate of drug-likeness (QED) is 0.667. The fourth-order valence-corrected chi connectivity index (χ4v) is 2.52. The molecule has 2 nitrogen and oxygen atoms in total. The van der Waals surface area contributed by atoms with E-state index in [0.717, 1.165) is 12.8 Å². The van der Waals surface area contributed by atoms with Crippen LogP contribution in [-0.4, -0.2) is 9.96 Å². The third-order valence-corrected chi connectivity index (χ3v) is 2.89. The van der Waals surface area contributed by atoms with Gasteiger partial charge in [-0.15, -0.1) is 6.58 Å². The predicted molar refractivity (Wildman–Crippen MR) is 53.2 cm³/mol. The van der Waals surface area contributed by atoms with Gasteiger partial charge < -0.3 is 0 Å². The van der Waals surface area contributed by atoms with Crippen molar-refractivity contribution in [1.29, 1.82) is 0 Å². The molecular formula is C7H15NOS2. The summed E-state index contributed by atoms with van der Waals surface area (Å²) in [6.45, 7) is 5.65. The molecule has 11 heavy (non-hydrogen) atoms. The number of allylic oxidation sites excluding steroid dienone is 1. The Kier molecular flexibility index (Phi) is 4.88. The van der Waals surface area contributed by atoms with Gasteiger partial charge in [0.1, 0.15) is 0 Å². The first kappa shape index (κ1) is 11.1. The Morgan fingerprint density at radius 2 is 2.36 bits per heavy atom. The molecular weight excluding hydrogens is 178 g/mol. The van der Waals surface area contributed by atoms with Crippen molar-refractivity contribution in [3.63, 3.8) is 0 Å². The maximum absolute atomic E-state index is 11.0. The molecule has 0 aromatic rings. The van der Waals surface area contributed by atoms with Gasteiger partial charge in [0.2, 0.25) is 0 Å². The Morgan fingerprint density at radius 3 is 2.64 bits per heavy atom. The number of hydrogen-bond acceptors (Lipinski definition) is 2. The lowest BCUT2D eigenvalue weighted by Crippen LogP contribution is -2.21. The summed E-state index contributed by atoms with van der Waals surface area (Å²) < 4.78 is 11.0. The van der Waals surface area contributed by atoms with E-state index in [1.165, 1.54) is 0 Å². The summed E-state index contributed by atoms with van der Waals surface area (Å²) in [6, 6.07) is 0. The van der Waals surface area contributed by atoms with Gasteiger partial charge in [-0.05, 0) is 23.5 Å². The minimum atomic E-state index is -2.47. The van der Waals surface area contributed by atoms with E-state index in [-0.39, 0.29) is 0 Å². The van der Waals surface area contributed by atoms with Crippen LogP contribution in [-0.2, 0) is 19.9 Å². The lowest BCUT2D eigenvalue weighted by molar-refractivity contribution is 0.570. The van der Waals surface area contributed by atoms with Gasteiger partial charge in [0.25, 0.3) is 0 Å². The van der Waals surface area contributed by atoms with Crippen molar-refractivity contribution in [1.82, 2.24) is 0 Å². The average molecular weight is 193 g/mol. The third kappa shape index (κ3) is 6.47. The molecule has 2 N–H and O–H groups in total. The van der Waals surface area contributed by atoms with E-state index in [4.69, 9.17) is 5.14 Å². The zero-order valence-corrected chi connectivity index (χ0v) is 8.42. The zero-order chi connectivity index (χ0) is 8.91. The van der Waals surface area contributed by atoms with Gasteiger partial charge in [0.05, 0.1) is 8.68 Å². The minimum absolute atomic E-state index is 0.336. The van der Waals surface area contributed by atoms with Crippen LogP contribution >= 0.6 is 0 Å². The molecule has 0 saturated heterocycles. The van der Waals surface area contributed by atoms with Gasteiger partial charge in [-0.2, -0.15) is 0 Å². The van der Waals surface area contributed by atoms with Gasteiger partial charge in [-0.25, -0.2) is 4.21 Å². The van der Waals surface area contributed by atoms with E-state index in [2.05, 4.69) is 17.8 Å². The van der Waals surface area contributed by atoms with Crippen molar-refractivity contribution in [3.05, 3.63) is 12.7 Å². The normalized spacial score (nSPS) is 18.7. The molecule has 0 aliphatic heterocycles. The number of hydrogen-bond donors (Lipinski definition) is 1. The minimum Gasteiger partial charge on any atom is -0.251 e. The van der Waals surface area contributed by atoms with Gasteiger partial charge in [0, 0.05) is 5.75 Å². The molecule has 0 radical (unpaired) electrons. The molecule has 0 rings (SSSR count). The second kappa shape index (κ2) is 4.85. The summed E-state index contributed by atoms with van der Waals surface area (Å²) >= 11 is 4.61. The van der Waals surface area contributed by atoms with Gasteiger partial charge in [0.15, 0.2) is 0 Å². The summed E-state index contributed by atoms with van der Waals surface area (Å²) in [6.07, 6.45) is 3.62. The van der Waals surface area contributed by atoms with E-state index in [1.54, 1.807) is 0 Å². The topological polar surface area (TPSA) is 43.1 Å². The molecule has 4 heteroatoms. The predicted octanol–water partition coefficient (Wildman–Crippen LogP) is 1.21. The van der Waals surface area contributed by atoms with Crippen LogP contribution in [0.5, 0.6) is 0 Å². The van der Waals surface area contributed by atoms with Crippen LogP contribution in [0.15, 0.2) is 12.7 Å². The van der Waals surface area contributed by atoms with Crippen molar-refractivity contribution in [2.75, 3.05) is 5.75 Å². The first-order valence-corrected chi connectivity index (χ1v) is 6.32. The lowest BCUT2D eigenvalue weighted by atomic mass is 10.1. The van der Waals surface area contributed by atoms with Crippen LogP contribution in [0.25, 0.3) is 0 Å². The van der Waals surface area contributed by atoms with E-state index in [1.807, 2.05) is 13.0 Å². The lowest BCUT2D eigenvalue weighted by Gasteiger charge is -2.11. The van der Waals surface area contributed by atoms with Crippen molar-refractivity contribution in [2.45, 2.75) is 19.8 Å². The molecule has 0 spiro atoms. The molecule has 0 fully saturated rings. The summed E-state index contributed by atoms with van der Waals surface area (Å²) in [5, 5.41) is 5.25. The SMILES string of the molecule is C=CC[C@@H](CC)CS(N)(=O)=S. The highest BCUT2D eigenvalue weighted by Crippen LogP contribution is 2.09. The fourth-order valence-electron chi connectivity index (χ4n) is 0.917. The van der Waals surface area contributed by atoms with Crippen LogP contribution < -0.4 is 5.14 Å². The highest BCUT2D eigenvalue weighted by atomic mass is 32.8. The summed E-state index contributed by atoms with van der Waals surface area (Å²) in [5.74, 6) is 0.771. The molecule has 0 aliphatic carbocycles. The Morgan fingerprint density at radius 1 is 1.82 bits per heavy atom. The van der Waals surface area contributed by atoms with E-state index < -0.39 is 8.68 Å². The highest BCUT2D eigenvalue weighted by molar-refractivity contribution is 8.31. The second-order valence-corrected chi connectivity index (χ2v) is 5.98. The first-order valence-electron chi connectivity index (χ1n) is 3.61. The fraction of sp³-hybridized carbons (Fsp3) is 0.714. The molecule has 0 saturated carbocycles. The summed E-state index contributed by atoms with van der Waals surface area (Å²) in [4.78, 5) is 0. The van der Waals surface area contributed by atoms with E-state index >= 15 is 0 Å². The largest absolute Gasteiger partial charge is 0.251 e. The number of rotatable bonds is 5. The molecule has 0 aliphatic rings. The summed E-state index contributed by atoms with van der Waals surface area (Å²) in [5.41, 5.74) is 0. The maximum Gasteiger partial charge on any atom is 0.0874 e. The zero-order valence-electron chi connectivity index (χ0n) is 6.79. The van der Waals surface area contributed by atoms with Crippen LogP contribution in [0.1, 0.15) is 19.8 Å². The third-order valence-electron chi connectivity index (χ3n) is 1.55. The smallest absolute Gasteiger partial charge is 0.0874 e. The Bertz CT molecular complexity index is 208. The molecule has 2 atom stereocenters. The van der Waals surface area contributed by atoms with E-state index in [9.17, 15) is 4.21 Å². The van der Waals surface area contributed by atoms with Crippen LogP contribution in [0.2, 0.25) is 0 Å². The molecule has 0 bridgehead atoms. The van der Waals surface area contributed by atoms with Gasteiger partial charge in [-0.1, -0.05) is 19.4 Å². The van der Waals surface area contributed by atoms with Crippen molar-refractivity contribution in [2.24, 2.45) is 11.1 Å². The monoisotopic (exact) mass is 193 g/mol. The highest BCUT2D eigenvalue weighted by Gasteiger charge is 2.09. The average Bonchev–Trinajstić information content (AvgIpc) is 1.84. The second-order valence-electron chi connectivity index (χ2n) is 2.63. The summed E-state index contributed by atoms with van der Waals surface area (Å²) in [7, 11) is -2.47. The van der Waals surface area contributed by atoms with Crippen LogP contribution in [0.4, 0.5) is 0 Å². The standard InChI is InChI=1S/C7H15NOS2/c1-3-5-7(4-2)6-11(8,9)10/h3,7H,1,4-6H2,2H3,(H2,8,9,10)/t7-,11?/m1/s1. The Balaban J connectivity index is 3.98. The van der Waals surface area contributed by atoms with Gasteiger partial charge in [-0.3, -0.25) is 5.14 Å². The maximum atomic E-state index is 11.0. The first-order chi connectivity index (χ1) is 4.99. The molecule has 0 aromatic heterocycles. The Hall–Kier alpha value is 0.0700. The molecule has 0 aromatic carbocycles. The van der Waals surface area contributed by atoms with Gasteiger partial charge >= 0.3 is 0 Å². The van der Waals surface area contributed by atoms with Crippen molar-refractivity contribution >= 4 is 19.9 Å². The van der Waals surface area contributed by atoms with Crippen LogP contribution in [0, 0.1) is 5.92 Å². The molecule has 1 unspecified atom stereocenters. The molecule has 66 valence electrons. The van der Waals surface area contributed by atoms with Crippen molar-refractivity contribution < 1.29 is 4.21 Å². The molecule has 0 amide bonds.